The lowest BCUT2D eigenvalue weighted by Gasteiger charge is -2.62. The van der Waals surface area contributed by atoms with E-state index < -0.39 is 16.0 Å². The van der Waals surface area contributed by atoms with Crippen molar-refractivity contribution in [3.8, 4) is 0 Å². The molecular formula is C22H28ClNO6. The molecule has 2 aliphatic heterocycles. The normalized spacial score (nSPS) is 25.0. The van der Waals surface area contributed by atoms with Gasteiger partial charge in [0.25, 0.3) is 0 Å². The molecule has 0 amide bonds. The van der Waals surface area contributed by atoms with E-state index in [1.807, 2.05) is 0 Å². The fourth-order valence-electron chi connectivity index (χ4n) is 5.60. The van der Waals surface area contributed by atoms with Crippen molar-refractivity contribution in [3.63, 3.8) is 0 Å². The van der Waals surface area contributed by atoms with Crippen molar-refractivity contribution in [2.24, 2.45) is 5.41 Å². The highest BCUT2D eigenvalue weighted by Gasteiger charge is 2.76. The van der Waals surface area contributed by atoms with Gasteiger partial charge in [0, 0.05) is 30.9 Å². The van der Waals surface area contributed by atoms with Gasteiger partial charge in [-0.15, -0.1) is 10.2 Å². The van der Waals surface area contributed by atoms with E-state index in [1.54, 1.807) is 0 Å². The quantitative estimate of drug-likeness (QED) is 0.458. The lowest BCUT2D eigenvalue weighted by atomic mass is 9.50. The van der Waals surface area contributed by atoms with Gasteiger partial charge in [-0.05, 0) is 40.2 Å². The van der Waals surface area contributed by atoms with Gasteiger partial charge in [0.15, 0.2) is 23.7 Å². The summed E-state index contributed by atoms with van der Waals surface area (Å²) in [5.74, 6) is -0.704. The average molecular weight is 438 g/mol. The third kappa shape index (κ3) is 3.26. The van der Waals surface area contributed by atoms with Gasteiger partial charge < -0.3 is 9.47 Å². The highest BCUT2D eigenvalue weighted by Crippen LogP contribution is 2.64. The number of halogens is 1. The summed E-state index contributed by atoms with van der Waals surface area (Å²) in [5.41, 5.74) is 3.37. The van der Waals surface area contributed by atoms with Crippen LogP contribution in [0.25, 0.3) is 0 Å². The van der Waals surface area contributed by atoms with Crippen LogP contribution in [-0.2, 0) is 14.9 Å². The van der Waals surface area contributed by atoms with Gasteiger partial charge in [-0.3, -0.25) is 0 Å². The molecule has 0 saturated carbocycles. The zero-order chi connectivity index (χ0) is 22.4. The molecule has 0 spiro atoms. The molecule has 30 heavy (non-hydrogen) atoms. The summed E-state index contributed by atoms with van der Waals surface area (Å²) in [6.45, 7) is 12.3. The summed E-state index contributed by atoms with van der Waals surface area (Å²) in [5, 5.41) is 0. The lowest BCUT2D eigenvalue weighted by molar-refractivity contribution is -2.00. The maximum Gasteiger partial charge on any atom is 0.199 e. The Bertz CT molecular complexity index is 851. The van der Waals surface area contributed by atoms with Gasteiger partial charge in [0.1, 0.15) is 5.41 Å². The number of hydrogen-bond acceptors (Lipinski definition) is 6. The van der Waals surface area contributed by atoms with Crippen LogP contribution in [0.2, 0.25) is 0 Å². The van der Waals surface area contributed by atoms with Gasteiger partial charge >= 0.3 is 0 Å². The minimum Gasteiger partial charge on any atom is -0.348 e. The van der Waals surface area contributed by atoms with Gasteiger partial charge in [0.05, 0.1) is 5.41 Å². The second kappa shape index (κ2) is 7.84. The Labute approximate surface area is 179 Å². The molecule has 2 unspecified atom stereocenters. The van der Waals surface area contributed by atoms with E-state index in [0.29, 0.717) is 13.2 Å². The van der Waals surface area contributed by atoms with Crippen LogP contribution < -0.4 is 23.2 Å². The predicted octanol–water partition coefficient (Wildman–Crippen LogP) is -0.764. The molecule has 0 saturated heterocycles. The maximum absolute atomic E-state index is 8.49. The van der Waals surface area contributed by atoms with Crippen molar-refractivity contribution < 1.29 is 42.9 Å². The predicted molar refractivity (Wildman–Crippen MR) is 97.4 cm³/mol. The summed E-state index contributed by atoms with van der Waals surface area (Å²) < 4.78 is 49.5. The van der Waals surface area contributed by atoms with Crippen molar-refractivity contribution in [3.05, 3.63) is 65.5 Å². The molecule has 5 rings (SSSR count). The zero-order valence-corrected chi connectivity index (χ0v) is 18.6. The first-order valence-corrected chi connectivity index (χ1v) is 11.2. The van der Waals surface area contributed by atoms with Crippen molar-refractivity contribution in [1.82, 2.24) is 0 Å². The molecule has 1 aromatic carbocycles. The summed E-state index contributed by atoms with van der Waals surface area (Å²) >= 11 is 0. The number of aromatic nitrogens is 1. The Morgan fingerprint density at radius 3 is 2.00 bits per heavy atom. The summed E-state index contributed by atoms with van der Waals surface area (Å²) in [7, 11) is -4.94. The SMILES string of the molecule is CCOC1(OCC)C2(C)c3ccccc3C([n+]3ccccc32)C1(C)C.[O-][Cl+3]([O-])([O-])[O-]. The van der Waals surface area contributed by atoms with Gasteiger partial charge in [-0.2, -0.15) is 4.57 Å². The van der Waals surface area contributed by atoms with E-state index in [2.05, 4.69) is 87.8 Å². The van der Waals surface area contributed by atoms with Crippen LogP contribution in [0.15, 0.2) is 48.7 Å². The third-order valence-electron chi connectivity index (χ3n) is 6.36. The molecular weight excluding hydrogens is 410 g/mol. The van der Waals surface area contributed by atoms with Crippen LogP contribution in [0.5, 0.6) is 0 Å². The van der Waals surface area contributed by atoms with Crippen molar-refractivity contribution in [1.29, 1.82) is 0 Å². The first-order chi connectivity index (χ1) is 14.0. The fraction of sp³-hybridized carbons (Fsp3) is 0.500. The number of hydrogen-bond donors (Lipinski definition) is 0. The summed E-state index contributed by atoms with van der Waals surface area (Å²) in [6, 6.07) is 15.4. The molecule has 7 nitrogen and oxygen atoms in total. The number of pyridine rings is 1. The van der Waals surface area contributed by atoms with Crippen LogP contribution in [0.1, 0.15) is 57.5 Å². The maximum atomic E-state index is 8.49. The minimum absolute atomic E-state index is 0.180. The standard InChI is InChI=1S/C22H28NO2.ClHO4/c1-6-24-22(25-7-2)20(3,4)19-16-12-8-9-13-17(16)21(22,5)18-14-10-11-15-23(18)19;2-1(3,4)5/h8-15,19H,6-7H2,1-5H3;(H,2,3,4,5)/q+1;/p-1. The molecule has 0 fully saturated rings. The largest absolute Gasteiger partial charge is 0.348 e. The van der Waals surface area contributed by atoms with Gasteiger partial charge in [-0.25, -0.2) is 18.6 Å². The molecule has 8 heteroatoms. The molecule has 0 N–H and O–H groups in total. The number of nitrogens with zero attached hydrogens (tertiary/aromatic N) is 1. The molecule has 1 aromatic heterocycles. The van der Waals surface area contributed by atoms with Crippen LogP contribution >= 0.6 is 0 Å². The van der Waals surface area contributed by atoms with E-state index in [9.17, 15) is 0 Å². The Kier molecular flexibility index (Phi) is 6.03. The molecule has 2 bridgehead atoms. The molecule has 3 aliphatic rings. The van der Waals surface area contributed by atoms with Crippen molar-refractivity contribution >= 4 is 0 Å². The molecule has 164 valence electrons. The van der Waals surface area contributed by atoms with Gasteiger partial charge in [-0.1, -0.05) is 30.3 Å². The first-order valence-electron chi connectivity index (χ1n) is 9.95. The van der Waals surface area contributed by atoms with E-state index in [4.69, 9.17) is 28.1 Å². The topological polar surface area (TPSA) is 115 Å². The molecule has 1 aliphatic carbocycles. The van der Waals surface area contributed by atoms with E-state index in [-0.39, 0.29) is 16.9 Å². The van der Waals surface area contributed by atoms with Crippen molar-refractivity contribution in [2.75, 3.05) is 13.2 Å². The number of fused-ring (bicyclic) bond motifs is 1. The summed E-state index contributed by atoms with van der Waals surface area (Å²) in [6.07, 6.45) is 2.21. The fourth-order valence-corrected chi connectivity index (χ4v) is 5.60. The second-order valence-electron chi connectivity index (χ2n) is 8.19. The highest BCUT2D eigenvalue weighted by molar-refractivity contribution is 5.50. The van der Waals surface area contributed by atoms with E-state index in [1.165, 1.54) is 16.8 Å². The van der Waals surface area contributed by atoms with E-state index >= 15 is 0 Å². The molecule has 3 heterocycles. The zero-order valence-electron chi connectivity index (χ0n) is 17.9. The third-order valence-corrected chi connectivity index (χ3v) is 6.36. The van der Waals surface area contributed by atoms with Crippen LogP contribution in [-0.4, -0.2) is 19.0 Å². The summed E-state index contributed by atoms with van der Waals surface area (Å²) in [4.78, 5) is 0. The Hall–Kier alpha value is -1.58. The molecule has 2 atom stereocenters. The average Bonchev–Trinajstić information content (AvgIpc) is 2.65. The Balaban J connectivity index is 0.000000461. The Morgan fingerprint density at radius 1 is 0.900 bits per heavy atom. The minimum atomic E-state index is -4.94. The Morgan fingerprint density at radius 2 is 1.43 bits per heavy atom. The lowest BCUT2D eigenvalue weighted by Crippen LogP contribution is -2.78. The van der Waals surface area contributed by atoms with E-state index in [0.717, 1.165) is 0 Å². The highest BCUT2D eigenvalue weighted by atomic mass is 35.7. The van der Waals surface area contributed by atoms with Crippen LogP contribution in [0, 0.1) is 15.7 Å². The monoisotopic (exact) mass is 437 g/mol. The second-order valence-corrected chi connectivity index (χ2v) is 8.95. The number of benzene rings is 1. The smallest absolute Gasteiger partial charge is 0.199 e. The number of ether oxygens (including phenoxy) is 2. The molecule has 0 radical (unpaired) electrons. The first kappa shape index (κ1) is 23.1. The van der Waals surface area contributed by atoms with Crippen LogP contribution in [0.3, 0.4) is 0 Å². The van der Waals surface area contributed by atoms with Gasteiger partial charge in [0.2, 0.25) is 0 Å². The number of rotatable bonds is 4. The van der Waals surface area contributed by atoms with Crippen molar-refractivity contribution in [2.45, 2.75) is 51.9 Å². The molecule has 2 aromatic rings. The van der Waals surface area contributed by atoms with Crippen LogP contribution in [0.4, 0.5) is 0 Å².